The summed E-state index contributed by atoms with van der Waals surface area (Å²) in [4.78, 5) is 4.22. The average Bonchev–Trinajstić information content (AvgIpc) is 2.16. The van der Waals surface area contributed by atoms with Crippen LogP contribution < -0.4 is 5.32 Å². The highest BCUT2D eigenvalue weighted by molar-refractivity contribution is 5.44. The van der Waals surface area contributed by atoms with E-state index in [1.807, 2.05) is 13.0 Å². The standard InChI is InChI=1S/C10H16N2O/c1-3-4-11-10-8(2)5-9(7-13)6-12-10/h5-6,13H,3-4,7H2,1-2H3,(H,11,12). The van der Waals surface area contributed by atoms with Crippen molar-refractivity contribution in [1.82, 2.24) is 4.98 Å². The summed E-state index contributed by atoms with van der Waals surface area (Å²) in [7, 11) is 0. The van der Waals surface area contributed by atoms with Gasteiger partial charge in [0.25, 0.3) is 0 Å². The van der Waals surface area contributed by atoms with Gasteiger partial charge in [-0.2, -0.15) is 0 Å². The van der Waals surface area contributed by atoms with Crippen LogP contribution >= 0.6 is 0 Å². The van der Waals surface area contributed by atoms with Gasteiger partial charge in [0.05, 0.1) is 6.61 Å². The number of pyridine rings is 1. The summed E-state index contributed by atoms with van der Waals surface area (Å²) < 4.78 is 0. The van der Waals surface area contributed by atoms with E-state index in [1.165, 1.54) is 0 Å². The molecule has 0 aliphatic heterocycles. The van der Waals surface area contributed by atoms with E-state index in [2.05, 4.69) is 17.2 Å². The van der Waals surface area contributed by atoms with Gasteiger partial charge in [-0.1, -0.05) is 6.92 Å². The van der Waals surface area contributed by atoms with Crippen LogP contribution in [0.5, 0.6) is 0 Å². The van der Waals surface area contributed by atoms with Gasteiger partial charge in [-0.3, -0.25) is 0 Å². The predicted molar refractivity (Wildman–Crippen MR) is 53.7 cm³/mol. The van der Waals surface area contributed by atoms with Gasteiger partial charge in [0.15, 0.2) is 0 Å². The Morgan fingerprint density at radius 1 is 1.54 bits per heavy atom. The van der Waals surface area contributed by atoms with Gasteiger partial charge in [0.1, 0.15) is 5.82 Å². The first kappa shape index (κ1) is 9.99. The normalized spacial score (nSPS) is 10.1. The summed E-state index contributed by atoms with van der Waals surface area (Å²) in [6.45, 7) is 5.10. The van der Waals surface area contributed by atoms with Crippen molar-refractivity contribution in [2.75, 3.05) is 11.9 Å². The fourth-order valence-electron chi connectivity index (χ4n) is 1.15. The molecule has 1 aromatic heterocycles. The van der Waals surface area contributed by atoms with E-state index < -0.39 is 0 Å². The number of hydrogen-bond donors (Lipinski definition) is 2. The molecule has 1 rings (SSSR count). The fraction of sp³-hybridized carbons (Fsp3) is 0.500. The maximum absolute atomic E-state index is 8.87. The highest BCUT2D eigenvalue weighted by Crippen LogP contribution is 2.12. The maximum atomic E-state index is 8.87. The fourth-order valence-corrected chi connectivity index (χ4v) is 1.15. The number of anilines is 1. The van der Waals surface area contributed by atoms with Crippen molar-refractivity contribution in [3.63, 3.8) is 0 Å². The third-order valence-electron chi connectivity index (χ3n) is 1.86. The second-order valence-corrected chi connectivity index (χ2v) is 3.09. The minimum atomic E-state index is 0.0574. The SMILES string of the molecule is CCCNc1ncc(CO)cc1C. The number of nitrogens with one attached hydrogen (secondary N) is 1. The van der Waals surface area contributed by atoms with Gasteiger partial charge in [0.2, 0.25) is 0 Å². The lowest BCUT2D eigenvalue weighted by atomic mass is 10.2. The Morgan fingerprint density at radius 3 is 2.85 bits per heavy atom. The summed E-state index contributed by atoms with van der Waals surface area (Å²) >= 11 is 0. The third-order valence-corrected chi connectivity index (χ3v) is 1.86. The minimum absolute atomic E-state index is 0.0574. The van der Waals surface area contributed by atoms with Crippen molar-refractivity contribution in [3.8, 4) is 0 Å². The molecule has 0 amide bonds. The quantitative estimate of drug-likeness (QED) is 0.741. The molecule has 0 unspecified atom stereocenters. The number of aromatic nitrogens is 1. The van der Waals surface area contributed by atoms with Crippen LogP contribution in [0.15, 0.2) is 12.3 Å². The molecule has 3 heteroatoms. The van der Waals surface area contributed by atoms with Crippen LogP contribution in [-0.4, -0.2) is 16.6 Å². The lowest BCUT2D eigenvalue weighted by Crippen LogP contribution is -2.04. The van der Waals surface area contributed by atoms with Crippen molar-refractivity contribution in [1.29, 1.82) is 0 Å². The van der Waals surface area contributed by atoms with E-state index in [9.17, 15) is 0 Å². The van der Waals surface area contributed by atoms with Crippen molar-refractivity contribution in [3.05, 3.63) is 23.4 Å². The Bertz CT molecular complexity index is 274. The van der Waals surface area contributed by atoms with Crippen LogP contribution in [0.25, 0.3) is 0 Å². The first-order valence-electron chi connectivity index (χ1n) is 4.58. The molecule has 0 bridgehead atoms. The van der Waals surface area contributed by atoms with Crippen LogP contribution in [0, 0.1) is 6.92 Å². The summed E-state index contributed by atoms with van der Waals surface area (Å²) in [5.41, 5.74) is 1.94. The maximum Gasteiger partial charge on any atom is 0.128 e. The molecule has 0 aliphatic rings. The molecule has 0 saturated heterocycles. The molecule has 0 aromatic carbocycles. The summed E-state index contributed by atoms with van der Waals surface area (Å²) in [5, 5.41) is 12.1. The van der Waals surface area contributed by atoms with Gasteiger partial charge >= 0.3 is 0 Å². The van der Waals surface area contributed by atoms with Gasteiger partial charge in [-0.25, -0.2) is 4.98 Å². The highest BCUT2D eigenvalue weighted by atomic mass is 16.3. The highest BCUT2D eigenvalue weighted by Gasteiger charge is 1.99. The average molecular weight is 180 g/mol. The Morgan fingerprint density at radius 2 is 2.31 bits per heavy atom. The largest absolute Gasteiger partial charge is 0.392 e. The number of aliphatic hydroxyl groups excluding tert-OH is 1. The number of rotatable bonds is 4. The topological polar surface area (TPSA) is 45.2 Å². The van der Waals surface area contributed by atoms with Crippen LogP contribution in [0.3, 0.4) is 0 Å². The van der Waals surface area contributed by atoms with Gasteiger partial charge in [0, 0.05) is 12.7 Å². The molecule has 0 spiro atoms. The molecule has 2 N–H and O–H groups in total. The van der Waals surface area contributed by atoms with Gasteiger partial charge in [-0.05, 0) is 30.5 Å². The van der Waals surface area contributed by atoms with E-state index in [-0.39, 0.29) is 6.61 Å². The predicted octanol–water partition coefficient (Wildman–Crippen LogP) is 1.70. The lowest BCUT2D eigenvalue weighted by molar-refractivity contribution is 0.281. The van der Waals surface area contributed by atoms with Gasteiger partial charge in [-0.15, -0.1) is 0 Å². The molecule has 3 nitrogen and oxygen atoms in total. The zero-order valence-electron chi connectivity index (χ0n) is 8.17. The molecule has 13 heavy (non-hydrogen) atoms. The van der Waals surface area contributed by atoms with Crippen LogP contribution in [-0.2, 0) is 6.61 Å². The first-order valence-corrected chi connectivity index (χ1v) is 4.58. The van der Waals surface area contributed by atoms with E-state index in [1.54, 1.807) is 6.20 Å². The second-order valence-electron chi connectivity index (χ2n) is 3.09. The van der Waals surface area contributed by atoms with Crippen molar-refractivity contribution in [2.24, 2.45) is 0 Å². The first-order chi connectivity index (χ1) is 6.27. The number of aryl methyl sites for hydroxylation is 1. The Hall–Kier alpha value is -1.09. The molecule has 0 aliphatic carbocycles. The molecular formula is C10H16N2O. The zero-order chi connectivity index (χ0) is 9.68. The van der Waals surface area contributed by atoms with Crippen molar-refractivity contribution >= 4 is 5.82 Å². The molecule has 0 radical (unpaired) electrons. The number of nitrogens with zero attached hydrogens (tertiary/aromatic N) is 1. The minimum Gasteiger partial charge on any atom is -0.392 e. The molecular weight excluding hydrogens is 164 g/mol. The molecule has 72 valence electrons. The summed E-state index contributed by atoms with van der Waals surface area (Å²) in [6.07, 6.45) is 2.79. The molecule has 1 heterocycles. The van der Waals surface area contributed by atoms with Gasteiger partial charge < -0.3 is 10.4 Å². The van der Waals surface area contributed by atoms with Crippen LogP contribution in [0.1, 0.15) is 24.5 Å². The van der Waals surface area contributed by atoms with Crippen molar-refractivity contribution in [2.45, 2.75) is 26.9 Å². The molecule has 0 saturated carbocycles. The smallest absolute Gasteiger partial charge is 0.128 e. The molecule has 0 atom stereocenters. The Kier molecular flexibility index (Phi) is 3.71. The van der Waals surface area contributed by atoms with E-state index in [0.29, 0.717) is 0 Å². The van der Waals surface area contributed by atoms with E-state index in [4.69, 9.17) is 5.11 Å². The molecule has 1 aromatic rings. The number of aliphatic hydroxyl groups is 1. The van der Waals surface area contributed by atoms with E-state index >= 15 is 0 Å². The second kappa shape index (κ2) is 4.82. The van der Waals surface area contributed by atoms with Crippen LogP contribution in [0.2, 0.25) is 0 Å². The Balaban J connectivity index is 2.73. The third kappa shape index (κ3) is 2.70. The number of hydrogen-bond acceptors (Lipinski definition) is 3. The van der Waals surface area contributed by atoms with E-state index in [0.717, 1.165) is 29.9 Å². The lowest BCUT2D eigenvalue weighted by Gasteiger charge is -2.07. The summed E-state index contributed by atoms with van der Waals surface area (Å²) in [6, 6.07) is 1.95. The van der Waals surface area contributed by atoms with Crippen molar-refractivity contribution < 1.29 is 5.11 Å². The van der Waals surface area contributed by atoms with Crippen LogP contribution in [0.4, 0.5) is 5.82 Å². The summed E-state index contributed by atoms with van der Waals surface area (Å²) in [5.74, 6) is 0.916. The monoisotopic (exact) mass is 180 g/mol. The Labute approximate surface area is 78.8 Å². The molecule has 0 fully saturated rings. The zero-order valence-corrected chi connectivity index (χ0v) is 8.17.